The van der Waals surface area contributed by atoms with E-state index in [0.29, 0.717) is 17.8 Å². The van der Waals surface area contributed by atoms with E-state index in [2.05, 4.69) is 48.5 Å². The van der Waals surface area contributed by atoms with Crippen LogP contribution in [-0.2, 0) is 18.8 Å². The Morgan fingerprint density at radius 1 is 0.870 bits per heavy atom. The van der Waals surface area contributed by atoms with Crippen LogP contribution >= 0.6 is 0 Å². The molecule has 0 aromatic carbocycles. The molecular weight excluding hydrogens is 312 g/mol. The average molecular weight is 351 g/mol. The van der Waals surface area contributed by atoms with Crippen LogP contribution in [0.2, 0.25) is 0 Å². The van der Waals surface area contributed by atoms with Gasteiger partial charge >= 0.3 is 10.4 Å². The fourth-order valence-corrected chi connectivity index (χ4v) is 3.88. The van der Waals surface area contributed by atoms with Crippen LogP contribution in [0.5, 0.6) is 0 Å². The minimum Gasteiger partial charge on any atom is -0.248 e. The SMILES string of the molecule is CC(CCCCOS(=O)(=O)OC(C)CC(C)(C)C)CC(C)(C)C. The molecule has 0 N–H and O–H groups in total. The molecular formula is C18H38O4S. The van der Waals surface area contributed by atoms with E-state index >= 15 is 0 Å². The molecule has 23 heavy (non-hydrogen) atoms. The van der Waals surface area contributed by atoms with Crippen molar-refractivity contribution in [2.75, 3.05) is 6.61 Å². The highest BCUT2D eigenvalue weighted by Gasteiger charge is 2.22. The van der Waals surface area contributed by atoms with Crippen molar-refractivity contribution in [1.29, 1.82) is 0 Å². The third-order valence-corrected chi connectivity index (χ3v) is 4.48. The highest BCUT2D eigenvalue weighted by Crippen LogP contribution is 2.27. The van der Waals surface area contributed by atoms with Crippen molar-refractivity contribution in [2.24, 2.45) is 16.7 Å². The Labute approximate surface area is 144 Å². The Bertz CT molecular complexity index is 415. The first-order valence-corrected chi connectivity index (χ1v) is 10.1. The Morgan fingerprint density at radius 3 is 1.87 bits per heavy atom. The molecule has 0 bridgehead atoms. The normalized spacial score (nSPS) is 16.3. The van der Waals surface area contributed by atoms with Gasteiger partial charge in [0.15, 0.2) is 0 Å². The molecule has 4 nitrogen and oxygen atoms in total. The Hall–Kier alpha value is -0.130. The summed E-state index contributed by atoms with van der Waals surface area (Å²) in [6.07, 6.45) is 4.29. The molecule has 140 valence electrons. The van der Waals surface area contributed by atoms with Crippen molar-refractivity contribution < 1.29 is 16.8 Å². The van der Waals surface area contributed by atoms with Crippen LogP contribution in [-0.4, -0.2) is 21.1 Å². The van der Waals surface area contributed by atoms with Gasteiger partial charge in [0.2, 0.25) is 0 Å². The highest BCUT2D eigenvalue weighted by molar-refractivity contribution is 7.81. The first-order valence-electron chi connectivity index (χ1n) is 8.78. The van der Waals surface area contributed by atoms with Gasteiger partial charge in [0, 0.05) is 0 Å². The second-order valence-electron chi connectivity index (χ2n) is 9.27. The van der Waals surface area contributed by atoms with Gasteiger partial charge in [0.1, 0.15) is 0 Å². The van der Waals surface area contributed by atoms with Gasteiger partial charge in [0.25, 0.3) is 0 Å². The van der Waals surface area contributed by atoms with E-state index in [4.69, 9.17) is 8.37 Å². The second kappa shape index (κ2) is 9.38. The minimum atomic E-state index is -3.88. The molecule has 0 saturated heterocycles. The van der Waals surface area contributed by atoms with E-state index in [1.54, 1.807) is 6.92 Å². The van der Waals surface area contributed by atoms with Crippen LogP contribution < -0.4 is 0 Å². The van der Waals surface area contributed by atoms with E-state index in [1.807, 2.05) is 0 Å². The molecule has 0 saturated carbocycles. The zero-order valence-electron chi connectivity index (χ0n) is 16.4. The molecule has 0 aliphatic carbocycles. The first kappa shape index (κ1) is 22.9. The number of rotatable bonds is 10. The topological polar surface area (TPSA) is 52.6 Å². The smallest absolute Gasteiger partial charge is 0.248 e. The molecule has 0 amide bonds. The third-order valence-electron chi connectivity index (χ3n) is 3.46. The van der Waals surface area contributed by atoms with Crippen molar-refractivity contribution in [1.82, 2.24) is 0 Å². The molecule has 2 atom stereocenters. The molecule has 0 fully saturated rings. The summed E-state index contributed by atoms with van der Waals surface area (Å²) in [5, 5.41) is 0. The lowest BCUT2D eigenvalue weighted by Crippen LogP contribution is -2.23. The molecule has 0 spiro atoms. The third kappa shape index (κ3) is 15.2. The lowest BCUT2D eigenvalue weighted by atomic mass is 9.83. The summed E-state index contributed by atoms with van der Waals surface area (Å²) in [6, 6.07) is 0. The largest absolute Gasteiger partial charge is 0.400 e. The van der Waals surface area contributed by atoms with Gasteiger partial charge in [0.05, 0.1) is 12.7 Å². The molecule has 0 aromatic heterocycles. The Morgan fingerprint density at radius 2 is 1.39 bits per heavy atom. The predicted octanol–water partition coefficient (Wildman–Crippen LogP) is 5.33. The van der Waals surface area contributed by atoms with Gasteiger partial charge < -0.3 is 0 Å². The van der Waals surface area contributed by atoms with Gasteiger partial charge in [-0.15, -0.1) is 0 Å². The van der Waals surface area contributed by atoms with Crippen molar-refractivity contribution in [3.63, 3.8) is 0 Å². The van der Waals surface area contributed by atoms with E-state index in [0.717, 1.165) is 19.3 Å². The predicted molar refractivity (Wildman–Crippen MR) is 96.6 cm³/mol. The summed E-state index contributed by atoms with van der Waals surface area (Å²) in [5.74, 6) is 0.648. The number of hydrogen-bond donors (Lipinski definition) is 0. The monoisotopic (exact) mass is 350 g/mol. The summed E-state index contributed by atoms with van der Waals surface area (Å²) in [6.45, 7) is 17.1. The van der Waals surface area contributed by atoms with Gasteiger partial charge in [-0.2, -0.15) is 8.42 Å². The molecule has 0 radical (unpaired) electrons. The van der Waals surface area contributed by atoms with Gasteiger partial charge in [-0.25, -0.2) is 8.37 Å². The van der Waals surface area contributed by atoms with E-state index in [9.17, 15) is 8.42 Å². The Kier molecular flexibility index (Phi) is 9.33. The number of unbranched alkanes of at least 4 members (excludes halogenated alkanes) is 1. The van der Waals surface area contributed by atoms with Crippen LogP contribution in [0.15, 0.2) is 0 Å². The maximum absolute atomic E-state index is 11.8. The van der Waals surface area contributed by atoms with Crippen LogP contribution in [0, 0.1) is 16.7 Å². The van der Waals surface area contributed by atoms with Crippen LogP contribution in [0.4, 0.5) is 0 Å². The second-order valence-corrected chi connectivity index (χ2v) is 10.5. The lowest BCUT2D eigenvalue weighted by Gasteiger charge is -2.23. The number of hydrogen-bond acceptors (Lipinski definition) is 4. The average Bonchev–Trinajstić information content (AvgIpc) is 2.21. The van der Waals surface area contributed by atoms with Gasteiger partial charge in [-0.1, -0.05) is 61.3 Å². The molecule has 0 heterocycles. The molecule has 0 aliphatic rings. The standard InChI is InChI=1S/C18H38O4S/c1-15(13-17(3,4)5)11-9-10-12-21-23(19,20)22-16(2)14-18(6,7)8/h15-16H,9-14H2,1-8H3. The lowest BCUT2D eigenvalue weighted by molar-refractivity contribution is 0.130. The molecule has 0 aliphatic heterocycles. The van der Waals surface area contributed by atoms with Crippen molar-refractivity contribution >= 4 is 10.4 Å². The highest BCUT2D eigenvalue weighted by atomic mass is 32.3. The summed E-state index contributed by atoms with van der Waals surface area (Å²) in [7, 11) is -3.88. The first-order chi connectivity index (χ1) is 10.2. The van der Waals surface area contributed by atoms with E-state index in [1.165, 1.54) is 6.42 Å². The Balaban J connectivity index is 3.95. The van der Waals surface area contributed by atoms with Crippen LogP contribution in [0.1, 0.15) is 87.5 Å². The summed E-state index contributed by atoms with van der Waals surface area (Å²) < 4.78 is 33.5. The molecule has 2 unspecified atom stereocenters. The van der Waals surface area contributed by atoms with Crippen molar-refractivity contribution in [3.05, 3.63) is 0 Å². The van der Waals surface area contributed by atoms with Crippen molar-refractivity contribution in [2.45, 2.75) is 93.6 Å². The maximum atomic E-state index is 11.8. The van der Waals surface area contributed by atoms with Crippen molar-refractivity contribution in [3.8, 4) is 0 Å². The molecule has 5 heteroatoms. The molecule has 0 aromatic rings. The summed E-state index contributed by atoms with van der Waals surface area (Å²) >= 11 is 0. The van der Waals surface area contributed by atoms with Gasteiger partial charge in [-0.3, -0.25) is 0 Å². The quantitative estimate of drug-likeness (QED) is 0.500. The zero-order valence-corrected chi connectivity index (χ0v) is 17.3. The van der Waals surface area contributed by atoms with E-state index < -0.39 is 10.4 Å². The van der Waals surface area contributed by atoms with Gasteiger partial charge in [-0.05, 0) is 42.9 Å². The fraction of sp³-hybridized carbons (Fsp3) is 1.00. The zero-order chi connectivity index (χ0) is 18.3. The van der Waals surface area contributed by atoms with E-state index in [-0.39, 0.29) is 18.1 Å². The minimum absolute atomic E-state index is 0.0259. The van der Waals surface area contributed by atoms with Crippen LogP contribution in [0.3, 0.4) is 0 Å². The maximum Gasteiger partial charge on any atom is 0.400 e. The fourth-order valence-electron chi connectivity index (χ4n) is 3.03. The summed E-state index contributed by atoms with van der Waals surface area (Å²) in [5.41, 5.74) is 0.369. The molecule has 0 rings (SSSR count). The van der Waals surface area contributed by atoms with Crippen LogP contribution in [0.25, 0.3) is 0 Å². The summed E-state index contributed by atoms with van der Waals surface area (Å²) in [4.78, 5) is 0.